The molecule has 122 valence electrons. The van der Waals surface area contributed by atoms with Gasteiger partial charge in [0, 0.05) is 32.2 Å². The van der Waals surface area contributed by atoms with Gasteiger partial charge in [-0.2, -0.15) is 4.98 Å². The molecule has 0 atom stereocenters. The van der Waals surface area contributed by atoms with Gasteiger partial charge < -0.3 is 20.3 Å². The molecular weight excluding hydrogens is 278 g/mol. The highest BCUT2D eigenvalue weighted by molar-refractivity contribution is 5.45. The lowest BCUT2D eigenvalue weighted by Gasteiger charge is -2.47. The molecule has 0 amide bonds. The van der Waals surface area contributed by atoms with Crippen molar-refractivity contribution in [3.63, 3.8) is 0 Å². The van der Waals surface area contributed by atoms with E-state index in [1.54, 1.807) is 0 Å². The van der Waals surface area contributed by atoms with Crippen LogP contribution in [-0.2, 0) is 4.74 Å². The molecule has 6 heteroatoms. The maximum atomic E-state index is 6.17. The summed E-state index contributed by atoms with van der Waals surface area (Å²) in [7, 11) is 2.17. The van der Waals surface area contributed by atoms with Crippen LogP contribution in [0.2, 0.25) is 0 Å². The number of ether oxygens (including phenoxy) is 1. The number of piperidine rings is 1. The Hall–Kier alpha value is -1.40. The van der Waals surface area contributed by atoms with Gasteiger partial charge in [-0.1, -0.05) is 13.8 Å². The van der Waals surface area contributed by atoms with E-state index in [9.17, 15) is 0 Å². The fourth-order valence-corrected chi connectivity index (χ4v) is 3.30. The molecule has 0 aromatic carbocycles. The molecule has 0 unspecified atom stereocenters. The second-order valence-corrected chi connectivity index (χ2v) is 6.92. The highest BCUT2D eigenvalue weighted by atomic mass is 16.5. The minimum Gasteiger partial charge on any atom is -0.371 e. The van der Waals surface area contributed by atoms with Crippen LogP contribution in [0, 0.1) is 0 Å². The highest BCUT2D eigenvalue weighted by Gasteiger charge is 2.39. The van der Waals surface area contributed by atoms with Gasteiger partial charge in [-0.05, 0) is 25.8 Å². The van der Waals surface area contributed by atoms with Gasteiger partial charge >= 0.3 is 0 Å². The molecule has 0 aliphatic carbocycles. The minimum atomic E-state index is -0.0253. The lowest BCUT2D eigenvalue weighted by Crippen LogP contribution is -2.56. The van der Waals surface area contributed by atoms with E-state index in [0.717, 1.165) is 57.1 Å². The molecule has 0 radical (unpaired) electrons. The third kappa shape index (κ3) is 3.17. The third-order valence-electron chi connectivity index (χ3n) is 4.81. The zero-order valence-corrected chi connectivity index (χ0v) is 13.9. The summed E-state index contributed by atoms with van der Waals surface area (Å²) in [5, 5.41) is 0. The summed E-state index contributed by atoms with van der Waals surface area (Å²) < 4.78 is 6.17. The van der Waals surface area contributed by atoms with E-state index >= 15 is 0 Å². The topological polar surface area (TPSA) is 67.5 Å². The highest BCUT2D eigenvalue weighted by Crippen LogP contribution is 2.32. The first-order valence-electron chi connectivity index (χ1n) is 8.19. The zero-order chi connectivity index (χ0) is 15.7. The van der Waals surface area contributed by atoms with Gasteiger partial charge in [0.15, 0.2) is 0 Å². The summed E-state index contributed by atoms with van der Waals surface area (Å²) in [6.07, 6.45) is 2.16. The third-order valence-corrected chi connectivity index (χ3v) is 4.81. The molecule has 1 aromatic rings. The molecule has 0 bridgehead atoms. The second-order valence-electron chi connectivity index (χ2n) is 6.92. The summed E-state index contributed by atoms with van der Waals surface area (Å²) in [6.45, 7) is 8.96. The first-order chi connectivity index (χ1) is 10.5. The van der Waals surface area contributed by atoms with Gasteiger partial charge in [0.25, 0.3) is 0 Å². The number of hydrogen-bond donors (Lipinski definition) is 1. The smallest absolute Gasteiger partial charge is 0.222 e. The largest absolute Gasteiger partial charge is 0.371 e. The molecule has 3 heterocycles. The van der Waals surface area contributed by atoms with Crippen molar-refractivity contribution in [2.45, 2.75) is 38.2 Å². The Labute approximate surface area is 132 Å². The van der Waals surface area contributed by atoms with Crippen LogP contribution >= 0.6 is 0 Å². The van der Waals surface area contributed by atoms with Crippen LogP contribution in [0.25, 0.3) is 0 Å². The van der Waals surface area contributed by atoms with Crippen molar-refractivity contribution in [1.29, 1.82) is 0 Å². The SMILES string of the molecule is CC(C)c1cc(N2CCOC3(CCN(C)CC3)C2)nc(N)n1. The van der Waals surface area contributed by atoms with Gasteiger partial charge in [0.2, 0.25) is 5.95 Å². The molecule has 2 saturated heterocycles. The standard InChI is InChI=1S/C16H27N5O/c1-12(2)13-10-14(19-15(17)18-13)21-8-9-22-16(11-21)4-6-20(3)7-5-16/h10,12H,4-9,11H2,1-3H3,(H2,17,18,19). The monoisotopic (exact) mass is 305 g/mol. The number of nitrogens with two attached hydrogens (primary N) is 1. The molecular formula is C16H27N5O. The van der Waals surface area contributed by atoms with Gasteiger partial charge in [0.05, 0.1) is 17.9 Å². The lowest BCUT2D eigenvalue weighted by atomic mass is 9.89. The fourth-order valence-electron chi connectivity index (χ4n) is 3.30. The summed E-state index contributed by atoms with van der Waals surface area (Å²) in [5.41, 5.74) is 6.89. The van der Waals surface area contributed by atoms with Crippen molar-refractivity contribution < 1.29 is 4.74 Å². The number of likely N-dealkylation sites (tertiary alicyclic amines) is 1. The Kier molecular flexibility index (Phi) is 4.23. The average Bonchev–Trinajstić information content (AvgIpc) is 2.50. The molecule has 2 fully saturated rings. The van der Waals surface area contributed by atoms with Gasteiger partial charge in [-0.25, -0.2) is 4.98 Å². The molecule has 2 aliphatic heterocycles. The Balaban J connectivity index is 1.80. The fraction of sp³-hybridized carbons (Fsp3) is 0.750. The van der Waals surface area contributed by atoms with Crippen molar-refractivity contribution in [3.05, 3.63) is 11.8 Å². The first kappa shape index (κ1) is 15.5. The molecule has 2 N–H and O–H groups in total. The number of rotatable bonds is 2. The lowest BCUT2D eigenvalue weighted by molar-refractivity contribution is -0.0884. The predicted molar refractivity (Wildman–Crippen MR) is 88.2 cm³/mol. The van der Waals surface area contributed by atoms with Gasteiger partial charge in [-0.3, -0.25) is 0 Å². The maximum absolute atomic E-state index is 6.17. The minimum absolute atomic E-state index is 0.0253. The number of aromatic nitrogens is 2. The van der Waals surface area contributed by atoms with Crippen LogP contribution in [0.15, 0.2) is 6.07 Å². The molecule has 2 aliphatic rings. The van der Waals surface area contributed by atoms with Gasteiger partial charge in [-0.15, -0.1) is 0 Å². The Morgan fingerprint density at radius 3 is 2.64 bits per heavy atom. The Morgan fingerprint density at radius 1 is 1.23 bits per heavy atom. The Bertz CT molecular complexity index is 525. The van der Waals surface area contributed by atoms with Crippen molar-refractivity contribution in [1.82, 2.24) is 14.9 Å². The van der Waals surface area contributed by atoms with Crippen molar-refractivity contribution in [2.24, 2.45) is 0 Å². The van der Waals surface area contributed by atoms with Crippen molar-refractivity contribution >= 4 is 11.8 Å². The molecule has 22 heavy (non-hydrogen) atoms. The van der Waals surface area contributed by atoms with Crippen LogP contribution in [0.4, 0.5) is 11.8 Å². The molecule has 1 aromatic heterocycles. The van der Waals surface area contributed by atoms with Crippen LogP contribution in [0.5, 0.6) is 0 Å². The molecule has 3 rings (SSSR count). The first-order valence-corrected chi connectivity index (χ1v) is 8.19. The summed E-state index contributed by atoms with van der Waals surface area (Å²) >= 11 is 0. The maximum Gasteiger partial charge on any atom is 0.222 e. The second kappa shape index (κ2) is 6.01. The number of hydrogen-bond acceptors (Lipinski definition) is 6. The van der Waals surface area contributed by atoms with E-state index < -0.39 is 0 Å². The molecule has 0 saturated carbocycles. The summed E-state index contributed by atoms with van der Waals surface area (Å²) in [5.74, 6) is 1.66. The van der Waals surface area contributed by atoms with Crippen LogP contribution < -0.4 is 10.6 Å². The number of morpholine rings is 1. The van der Waals surface area contributed by atoms with E-state index in [4.69, 9.17) is 10.5 Å². The van der Waals surface area contributed by atoms with E-state index in [-0.39, 0.29) is 5.60 Å². The van der Waals surface area contributed by atoms with Crippen LogP contribution in [0.1, 0.15) is 38.3 Å². The Morgan fingerprint density at radius 2 is 1.95 bits per heavy atom. The number of nitrogens with zero attached hydrogens (tertiary/aromatic N) is 4. The number of anilines is 2. The van der Waals surface area contributed by atoms with Crippen LogP contribution in [-0.4, -0.2) is 60.3 Å². The van der Waals surface area contributed by atoms with Crippen LogP contribution in [0.3, 0.4) is 0 Å². The molecule has 6 nitrogen and oxygen atoms in total. The van der Waals surface area contributed by atoms with Gasteiger partial charge in [0.1, 0.15) is 5.82 Å². The van der Waals surface area contributed by atoms with E-state index in [0.29, 0.717) is 11.9 Å². The average molecular weight is 305 g/mol. The van der Waals surface area contributed by atoms with E-state index in [1.165, 1.54) is 0 Å². The summed E-state index contributed by atoms with van der Waals surface area (Å²) in [4.78, 5) is 13.5. The van der Waals surface area contributed by atoms with Crippen molar-refractivity contribution in [2.75, 3.05) is 50.5 Å². The molecule has 1 spiro atoms. The van der Waals surface area contributed by atoms with E-state index in [2.05, 4.69) is 46.7 Å². The van der Waals surface area contributed by atoms with E-state index in [1.807, 2.05) is 0 Å². The van der Waals surface area contributed by atoms with Crippen molar-refractivity contribution in [3.8, 4) is 0 Å². The number of nitrogen functional groups attached to an aromatic ring is 1. The predicted octanol–water partition coefficient (Wildman–Crippen LogP) is 1.48. The normalized spacial score (nSPS) is 22.5. The summed E-state index contributed by atoms with van der Waals surface area (Å²) in [6, 6.07) is 2.08. The zero-order valence-electron chi connectivity index (χ0n) is 13.9. The quantitative estimate of drug-likeness (QED) is 0.893.